The molecule has 1 aromatic rings. The lowest BCUT2D eigenvalue weighted by atomic mass is 9.83. The van der Waals surface area contributed by atoms with Crippen molar-refractivity contribution in [3.05, 3.63) is 23.8 Å². The Morgan fingerprint density at radius 1 is 1.45 bits per heavy atom. The number of anilines is 2. The van der Waals surface area contributed by atoms with E-state index < -0.39 is 5.97 Å². The summed E-state index contributed by atoms with van der Waals surface area (Å²) < 4.78 is 0. The predicted octanol–water partition coefficient (Wildman–Crippen LogP) is 3.37. The molecule has 3 N–H and O–H groups in total. The zero-order valence-corrected chi connectivity index (χ0v) is 12.3. The fraction of sp³-hybridized carbons (Fsp3) is 0.562. The number of nitrogen functional groups attached to an aromatic ring is 1. The Morgan fingerprint density at radius 3 is 2.85 bits per heavy atom. The Labute approximate surface area is 120 Å². The second-order valence-corrected chi connectivity index (χ2v) is 5.79. The molecule has 0 aromatic heterocycles. The number of carboxylic acid groups (broad SMARTS) is 1. The summed E-state index contributed by atoms with van der Waals surface area (Å²) in [6.45, 7) is 2.24. The Bertz CT molecular complexity index is 487. The molecule has 4 nitrogen and oxygen atoms in total. The van der Waals surface area contributed by atoms with Gasteiger partial charge in [-0.3, -0.25) is 0 Å². The minimum absolute atomic E-state index is 0.297. The summed E-state index contributed by atoms with van der Waals surface area (Å²) in [5.41, 5.74) is 7.27. The molecule has 0 aliphatic heterocycles. The van der Waals surface area contributed by atoms with Crippen molar-refractivity contribution in [3.63, 3.8) is 0 Å². The number of benzene rings is 1. The van der Waals surface area contributed by atoms with Crippen molar-refractivity contribution >= 4 is 17.3 Å². The van der Waals surface area contributed by atoms with E-state index in [2.05, 4.69) is 11.8 Å². The third-order valence-corrected chi connectivity index (χ3v) is 4.51. The van der Waals surface area contributed by atoms with E-state index in [1.54, 1.807) is 12.1 Å². The van der Waals surface area contributed by atoms with Crippen molar-refractivity contribution in [1.29, 1.82) is 0 Å². The van der Waals surface area contributed by atoms with Crippen molar-refractivity contribution < 1.29 is 9.90 Å². The number of carbonyl (C=O) groups is 1. The number of aromatic carboxylic acids is 1. The smallest absolute Gasteiger partial charge is 0.337 e. The number of nitrogens with two attached hydrogens (primary N) is 1. The van der Waals surface area contributed by atoms with E-state index in [0.29, 0.717) is 17.3 Å². The summed E-state index contributed by atoms with van der Waals surface area (Å²) in [5, 5.41) is 9.35. The van der Waals surface area contributed by atoms with Crippen molar-refractivity contribution in [2.24, 2.45) is 5.92 Å². The van der Waals surface area contributed by atoms with Crippen LogP contribution in [0.4, 0.5) is 11.4 Å². The highest BCUT2D eigenvalue weighted by Crippen LogP contribution is 2.33. The van der Waals surface area contributed by atoms with Gasteiger partial charge in [0.1, 0.15) is 0 Å². The second-order valence-electron chi connectivity index (χ2n) is 5.79. The number of nitrogens with zero attached hydrogens (tertiary/aromatic N) is 1. The molecule has 2 rings (SSSR count). The van der Waals surface area contributed by atoms with Crippen LogP contribution >= 0.6 is 0 Å². The molecule has 4 heteroatoms. The van der Waals surface area contributed by atoms with Crippen LogP contribution in [0.25, 0.3) is 0 Å². The van der Waals surface area contributed by atoms with Gasteiger partial charge in [0.25, 0.3) is 0 Å². The van der Waals surface area contributed by atoms with Crippen LogP contribution in [0.1, 0.15) is 49.4 Å². The summed E-state index contributed by atoms with van der Waals surface area (Å²) in [6.07, 6.45) is 6.02. The average molecular weight is 276 g/mol. The van der Waals surface area contributed by atoms with Gasteiger partial charge in [-0.05, 0) is 37.0 Å². The Hall–Kier alpha value is -1.71. The quantitative estimate of drug-likeness (QED) is 0.827. The lowest BCUT2D eigenvalue weighted by Crippen LogP contribution is -2.36. The topological polar surface area (TPSA) is 66.6 Å². The fourth-order valence-corrected chi connectivity index (χ4v) is 3.21. The van der Waals surface area contributed by atoms with Crippen molar-refractivity contribution in [1.82, 2.24) is 0 Å². The minimum Gasteiger partial charge on any atom is -0.478 e. The fourth-order valence-electron chi connectivity index (χ4n) is 3.21. The number of carboxylic acids is 1. The Balaban J connectivity index is 2.24. The van der Waals surface area contributed by atoms with Crippen LogP contribution in [-0.4, -0.2) is 24.2 Å². The van der Waals surface area contributed by atoms with Crippen LogP contribution < -0.4 is 10.6 Å². The van der Waals surface area contributed by atoms with Gasteiger partial charge >= 0.3 is 5.97 Å². The highest BCUT2D eigenvalue weighted by Gasteiger charge is 2.26. The van der Waals surface area contributed by atoms with Gasteiger partial charge in [0.2, 0.25) is 0 Å². The minimum atomic E-state index is -0.915. The molecular weight excluding hydrogens is 252 g/mol. The van der Waals surface area contributed by atoms with Gasteiger partial charge in [-0.25, -0.2) is 4.79 Å². The summed E-state index contributed by atoms with van der Waals surface area (Å²) in [7, 11) is 2.00. The zero-order valence-electron chi connectivity index (χ0n) is 12.3. The second kappa shape index (κ2) is 6.16. The first kappa shape index (κ1) is 14.7. The third kappa shape index (κ3) is 3.06. The van der Waals surface area contributed by atoms with Crippen LogP contribution in [0.2, 0.25) is 0 Å². The first-order chi connectivity index (χ1) is 9.52. The molecule has 2 atom stereocenters. The molecule has 1 aliphatic rings. The normalized spacial score (nSPS) is 22.5. The molecule has 0 bridgehead atoms. The largest absolute Gasteiger partial charge is 0.478 e. The van der Waals surface area contributed by atoms with E-state index in [4.69, 9.17) is 5.73 Å². The van der Waals surface area contributed by atoms with Gasteiger partial charge in [0, 0.05) is 18.8 Å². The maximum atomic E-state index is 11.4. The lowest BCUT2D eigenvalue weighted by molar-refractivity contribution is 0.0697. The van der Waals surface area contributed by atoms with Crippen LogP contribution in [0.15, 0.2) is 18.2 Å². The van der Waals surface area contributed by atoms with Crippen LogP contribution in [0.3, 0.4) is 0 Å². The summed E-state index contributed by atoms with van der Waals surface area (Å²) in [5.74, 6) is -0.153. The molecule has 0 heterocycles. The lowest BCUT2D eigenvalue weighted by Gasteiger charge is -2.37. The first-order valence-electron chi connectivity index (χ1n) is 7.38. The van der Waals surface area contributed by atoms with Gasteiger partial charge in [-0.2, -0.15) is 0 Å². The average Bonchev–Trinajstić information content (AvgIpc) is 2.46. The van der Waals surface area contributed by atoms with Crippen LogP contribution in [-0.2, 0) is 0 Å². The maximum Gasteiger partial charge on any atom is 0.337 e. The van der Waals surface area contributed by atoms with E-state index in [1.165, 1.54) is 19.3 Å². The Morgan fingerprint density at radius 2 is 2.20 bits per heavy atom. The molecule has 1 fully saturated rings. The highest BCUT2D eigenvalue weighted by molar-refractivity contribution is 5.95. The van der Waals surface area contributed by atoms with Gasteiger partial charge in [0.05, 0.1) is 11.3 Å². The molecule has 1 saturated carbocycles. The standard InChI is InChI=1S/C16H24N2O2/c1-3-11-5-4-6-13(9-11)18(2)15-8-7-12(17)10-14(15)16(19)20/h7-8,10-11,13H,3-6,9,17H2,1-2H3,(H,19,20). The summed E-state index contributed by atoms with van der Waals surface area (Å²) in [6, 6.07) is 5.58. The molecule has 20 heavy (non-hydrogen) atoms. The molecule has 2 unspecified atom stereocenters. The van der Waals surface area contributed by atoms with Gasteiger partial charge < -0.3 is 15.7 Å². The van der Waals surface area contributed by atoms with Crippen molar-refractivity contribution in [3.8, 4) is 0 Å². The zero-order chi connectivity index (χ0) is 14.7. The van der Waals surface area contributed by atoms with Crippen molar-refractivity contribution in [2.75, 3.05) is 17.7 Å². The van der Waals surface area contributed by atoms with Gasteiger partial charge in [-0.1, -0.05) is 26.2 Å². The Kier molecular flexibility index (Phi) is 4.53. The summed E-state index contributed by atoms with van der Waals surface area (Å²) >= 11 is 0. The SMILES string of the molecule is CCC1CCCC(N(C)c2ccc(N)cc2C(=O)O)C1. The molecule has 110 valence electrons. The highest BCUT2D eigenvalue weighted by atomic mass is 16.4. The third-order valence-electron chi connectivity index (χ3n) is 4.51. The molecule has 1 aromatic carbocycles. The van der Waals surface area contributed by atoms with Gasteiger partial charge in [-0.15, -0.1) is 0 Å². The van der Waals surface area contributed by atoms with E-state index >= 15 is 0 Å². The monoisotopic (exact) mass is 276 g/mol. The molecule has 1 aliphatic carbocycles. The number of hydrogen-bond acceptors (Lipinski definition) is 3. The van der Waals surface area contributed by atoms with E-state index in [9.17, 15) is 9.90 Å². The molecule has 0 radical (unpaired) electrons. The van der Waals surface area contributed by atoms with Crippen LogP contribution in [0, 0.1) is 5.92 Å². The van der Waals surface area contributed by atoms with Gasteiger partial charge in [0.15, 0.2) is 0 Å². The van der Waals surface area contributed by atoms with E-state index in [0.717, 1.165) is 24.4 Å². The summed E-state index contributed by atoms with van der Waals surface area (Å²) in [4.78, 5) is 13.5. The molecule has 0 saturated heterocycles. The number of rotatable bonds is 4. The van der Waals surface area contributed by atoms with E-state index in [-0.39, 0.29) is 0 Å². The maximum absolute atomic E-state index is 11.4. The molecule has 0 amide bonds. The predicted molar refractivity (Wildman–Crippen MR) is 82.3 cm³/mol. The van der Waals surface area contributed by atoms with E-state index in [1.807, 2.05) is 13.1 Å². The number of hydrogen-bond donors (Lipinski definition) is 2. The van der Waals surface area contributed by atoms with Crippen molar-refractivity contribution in [2.45, 2.75) is 45.1 Å². The first-order valence-corrected chi connectivity index (χ1v) is 7.38. The molecule has 0 spiro atoms. The molecular formula is C16H24N2O2. The van der Waals surface area contributed by atoms with Crippen LogP contribution in [0.5, 0.6) is 0 Å².